The molecule has 8 nitrogen and oxygen atoms in total. The third kappa shape index (κ3) is 5.55. The van der Waals surface area contributed by atoms with Gasteiger partial charge in [0, 0.05) is 24.0 Å². The maximum atomic E-state index is 12.3. The van der Waals surface area contributed by atoms with Crippen LogP contribution in [0.25, 0.3) is 0 Å². The van der Waals surface area contributed by atoms with E-state index in [2.05, 4.69) is 15.6 Å². The SMILES string of the molecule is O=C(NCc1cccnc1OC1CCCC1)Nc1ccc(CN2C(=O)CSC2=O)cc1. The van der Waals surface area contributed by atoms with Crippen LogP contribution in [0.1, 0.15) is 36.8 Å². The van der Waals surface area contributed by atoms with Gasteiger partial charge >= 0.3 is 6.03 Å². The zero-order valence-corrected chi connectivity index (χ0v) is 17.8. The van der Waals surface area contributed by atoms with Crippen LogP contribution >= 0.6 is 11.8 Å². The van der Waals surface area contributed by atoms with Crippen molar-refractivity contribution in [1.82, 2.24) is 15.2 Å². The summed E-state index contributed by atoms with van der Waals surface area (Å²) in [5.41, 5.74) is 2.26. The van der Waals surface area contributed by atoms with Crippen LogP contribution in [-0.2, 0) is 17.9 Å². The molecule has 2 aromatic rings. The fraction of sp³-hybridized carbons (Fsp3) is 0.364. The van der Waals surface area contributed by atoms with Crippen molar-refractivity contribution in [3.63, 3.8) is 0 Å². The number of pyridine rings is 1. The lowest BCUT2D eigenvalue weighted by Crippen LogP contribution is -2.29. The molecule has 1 aliphatic heterocycles. The van der Waals surface area contributed by atoms with Crippen molar-refractivity contribution in [3.05, 3.63) is 53.7 Å². The van der Waals surface area contributed by atoms with Crippen molar-refractivity contribution >= 4 is 34.6 Å². The first kappa shape index (κ1) is 21.2. The van der Waals surface area contributed by atoms with E-state index in [0.29, 0.717) is 18.1 Å². The van der Waals surface area contributed by atoms with Crippen LogP contribution < -0.4 is 15.4 Å². The van der Waals surface area contributed by atoms with Crippen LogP contribution in [-0.4, -0.2) is 38.9 Å². The normalized spacial score (nSPS) is 16.6. The number of nitrogens with one attached hydrogen (secondary N) is 2. The summed E-state index contributed by atoms with van der Waals surface area (Å²) in [6.45, 7) is 0.540. The minimum absolute atomic E-state index is 0.178. The highest BCUT2D eigenvalue weighted by molar-refractivity contribution is 8.14. The molecule has 1 aromatic heterocycles. The zero-order chi connectivity index (χ0) is 21.6. The molecule has 0 unspecified atom stereocenters. The molecule has 0 atom stereocenters. The molecule has 162 valence electrons. The lowest BCUT2D eigenvalue weighted by atomic mass is 10.2. The third-order valence-corrected chi connectivity index (χ3v) is 6.12. The summed E-state index contributed by atoms with van der Waals surface area (Å²) in [6, 6.07) is 10.4. The second kappa shape index (κ2) is 9.82. The van der Waals surface area contributed by atoms with Gasteiger partial charge in [-0.1, -0.05) is 30.0 Å². The summed E-state index contributed by atoms with van der Waals surface area (Å²) in [7, 11) is 0. The first-order chi connectivity index (χ1) is 15.1. The number of rotatable bonds is 7. The van der Waals surface area contributed by atoms with E-state index < -0.39 is 0 Å². The van der Waals surface area contributed by atoms with Gasteiger partial charge in [0.15, 0.2) is 0 Å². The van der Waals surface area contributed by atoms with Gasteiger partial charge in [-0.3, -0.25) is 14.5 Å². The Morgan fingerprint density at radius 2 is 1.94 bits per heavy atom. The molecule has 9 heteroatoms. The summed E-state index contributed by atoms with van der Waals surface area (Å²) in [5, 5.41) is 5.38. The Morgan fingerprint density at radius 3 is 2.65 bits per heavy atom. The fourth-order valence-electron chi connectivity index (χ4n) is 3.59. The average molecular weight is 441 g/mol. The van der Waals surface area contributed by atoms with Crippen molar-refractivity contribution in [2.24, 2.45) is 0 Å². The number of hydrogen-bond donors (Lipinski definition) is 2. The summed E-state index contributed by atoms with van der Waals surface area (Å²) in [6.07, 6.45) is 6.33. The summed E-state index contributed by atoms with van der Waals surface area (Å²) >= 11 is 1.02. The maximum Gasteiger partial charge on any atom is 0.319 e. The van der Waals surface area contributed by atoms with Crippen LogP contribution in [0.4, 0.5) is 15.3 Å². The third-order valence-electron chi connectivity index (χ3n) is 5.26. The van der Waals surface area contributed by atoms with Gasteiger partial charge in [-0.25, -0.2) is 9.78 Å². The molecule has 31 heavy (non-hydrogen) atoms. The summed E-state index contributed by atoms with van der Waals surface area (Å²) in [5.74, 6) is 0.592. The molecule has 0 spiro atoms. The van der Waals surface area contributed by atoms with Crippen LogP contribution in [0.15, 0.2) is 42.6 Å². The van der Waals surface area contributed by atoms with E-state index >= 15 is 0 Å². The molecule has 1 saturated carbocycles. The number of carbonyl (C=O) groups excluding carboxylic acids is 3. The van der Waals surface area contributed by atoms with Crippen LogP contribution in [0, 0.1) is 0 Å². The Morgan fingerprint density at radius 1 is 1.16 bits per heavy atom. The van der Waals surface area contributed by atoms with Crippen molar-refractivity contribution < 1.29 is 19.1 Å². The fourth-order valence-corrected chi connectivity index (χ4v) is 4.31. The van der Waals surface area contributed by atoms with Gasteiger partial charge < -0.3 is 15.4 Å². The van der Waals surface area contributed by atoms with Gasteiger partial charge in [-0.2, -0.15) is 0 Å². The number of thioether (sulfide) groups is 1. The monoisotopic (exact) mass is 440 g/mol. The quantitative estimate of drug-likeness (QED) is 0.677. The van der Waals surface area contributed by atoms with Gasteiger partial charge in [0.25, 0.3) is 5.24 Å². The van der Waals surface area contributed by atoms with Crippen LogP contribution in [0.5, 0.6) is 5.88 Å². The molecular formula is C22H24N4O4S. The maximum absolute atomic E-state index is 12.3. The minimum atomic E-state index is -0.343. The molecule has 2 heterocycles. The van der Waals surface area contributed by atoms with E-state index in [1.165, 1.54) is 17.7 Å². The highest BCUT2D eigenvalue weighted by Crippen LogP contribution is 2.25. The topological polar surface area (TPSA) is 101 Å². The van der Waals surface area contributed by atoms with E-state index in [9.17, 15) is 14.4 Å². The van der Waals surface area contributed by atoms with Crippen LogP contribution in [0.3, 0.4) is 0 Å². The lowest BCUT2D eigenvalue weighted by molar-refractivity contribution is -0.125. The number of hydrogen-bond acceptors (Lipinski definition) is 6. The van der Waals surface area contributed by atoms with Crippen molar-refractivity contribution in [2.45, 2.75) is 44.9 Å². The van der Waals surface area contributed by atoms with E-state index in [1.807, 2.05) is 12.1 Å². The summed E-state index contributed by atoms with van der Waals surface area (Å²) in [4.78, 5) is 41.3. The Labute approximate surface area is 184 Å². The molecule has 1 aromatic carbocycles. The largest absolute Gasteiger partial charge is 0.474 e. The predicted molar refractivity (Wildman–Crippen MR) is 118 cm³/mol. The first-order valence-electron chi connectivity index (χ1n) is 10.3. The second-order valence-electron chi connectivity index (χ2n) is 7.53. The molecule has 2 N–H and O–H groups in total. The molecule has 4 rings (SSSR count). The van der Waals surface area contributed by atoms with E-state index in [-0.39, 0.29) is 35.6 Å². The minimum Gasteiger partial charge on any atom is -0.474 e. The molecule has 2 fully saturated rings. The van der Waals surface area contributed by atoms with Gasteiger partial charge in [0.1, 0.15) is 6.10 Å². The number of ether oxygens (including phenoxy) is 1. The Hall–Kier alpha value is -3.07. The van der Waals surface area contributed by atoms with Crippen LogP contribution in [0.2, 0.25) is 0 Å². The lowest BCUT2D eigenvalue weighted by Gasteiger charge is -2.16. The molecule has 0 radical (unpaired) electrons. The molecule has 2 aliphatic rings. The number of aromatic nitrogens is 1. The zero-order valence-electron chi connectivity index (χ0n) is 17.0. The molecule has 4 amide bonds. The molecular weight excluding hydrogens is 416 g/mol. The highest BCUT2D eigenvalue weighted by atomic mass is 32.2. The molecule has 1 saturated heterocycles. The van der Waals surface area contributed by atoms with Crippen molar-refractivity contribution in [3.8, 4) is 5.88 Å². The second-order valence-corrected chi connectivity index (χ2v) is 8.46. The number of imide groups is 1. The van der Waals surface area contributed by atoms with E-state index in [0.717, 1.165) is 35.7 Å². The molecule has 0 bridgehead atoms. The van der Waals surface area contributed by atoms with Gasteiger partial charge in [0.05, 0.1) is 12.3 Å². The number of amides is 4. The highest BCUT2D eigenvalue weighted by Gasteiger charge is 2.29. The van der Waals surface area contributed by atoms with E-state index in [1.54, 1.807) is 30.5 Å². The van der Waals surface area contributed by atoms with Gasteiger partial charge in [-0.05, 0) is 49.4 Å². The first-order valence-corrected chi connectivity index (χ1v) is 11.3. The number of benzene rings is 1. The summed E-state index contributed by atoms with van der Waals surface area (Å²) < 4.78 is 6.00. The van der Waals surface area contributed by atoms with Crippen molar-refractivity contribution in [2.75, 3.05) is 11.1 Å². The number of anilines is 1. The Bertz CT molecular complexity index is 944. The molecule has 1 aliphatic carbocycles. The smallest absolute Gasteiger partial charge is 0.319 e. The number of carbonyl (C=O) groups is 3. The number of urea groups is 1. The average Bonchev–Trinajstić information content (AvgIpc) is 3.40. The standard InChI is InChI=1S/C22H24N4O4S/c27-19-14-31-22(29)26(19)13-15-7-9-17(10-8-15)25-21(28)24-12-16-4-3-11-23-20(16)30-18-5-1-2-6-18/h3-4,7-11,18H,1-2,5-6,12-14H2,(H2,24,25,28). The van der Waals surface area contributed by atoms with Crippen molar-refractivity contribution in [1.29, 1.82) is 0 Å². The Kier molecular flexibility index (Phi) is 6.71. The number of nitrogens with zero attached hydrogens (tertiary/aromatic N) is 2. The predicted octanol–water partition coefficient (Wildman–Crippen LogP) is 3.92. The van der Waals surface area contributed by atoms with Gasteiger partial charge in [0.2, 0.25) is 11.8 Å². The Balaban J connectivity index is 1.28. The van der Waals surface area contributed by atoms with Gasteiger partial charge in [-0.15, -0.1) is 0 Å². The van der Waals surface area contributed by atoms with E-state index in [4.69, 9.17) is 4.74 Å².